The van der Waals surface area contributed by atoms with Crippen LogP contribution < -0.4 is 11.1 Å². The lowest BCUT2D eigenvalue weighted by Crippen LogP contribution is -2.05. The van der Waals surface area contributed by atoms with E-state index < -0.39 is 0 Å². The molecule has 0 spiro atoms. The fourth-order valence-corrected chi connectivity index (χ4v) is 1.99. The van der Waals surface area contributed by atoms with Crippen LogP contribution in [0, 0.1) is 0 Å². The number of halogens is 2. The van der Waals surface area contributed by atoms with Crippen molar-refractivity contribution in [2.24, 2.45) is 0 Å². The minimum atomic E-state index is 0.199. The van der Waals surface area contributed by atoms with E-state index in [0.29, 0.717) is 27.5 Å². The molecule has 0 aliphatic rings. The van der Waals surface area contributed by atoms with Crippen molar-refractivity contribution in [3.05, 3.63) is 40.1 Å². The predicted octanol–water partition coefficient (Wildman–Crippen LogP) is 4.23. The summed E-state index contributed by atoms with van der Waals surface area (Å²) >= 11 is 12.0. The average molecular weight is 297 g/mol. The zero-order chi connectivity index (χ0) is 14.0. The highest BCUT2D eigenvalue weighted by Crippen LogP contribution is 2.28. The highest BCUT2D eigenvalue weighted by Gasteiger charge is 2.08. The first kappa shape index (κ1) is 13.9. The van der Waals surface area contributed by atoms with Gasteiger partial charge in [-0.25, -0.2) is 9.97 Å². The first-order valence-corrected chi connectivity index (χ1v) is 6.58. The van der Waals surface area contributed by atoms with E-state index in [2.05, 4.69) is 15.3 Å². The molecule has 4 nitrogen and oxygen atoms in total. The van der Waals surface area contributed by atoms with Gasteiger partial charge in [0.25, 0.3) is 0 Å². The maximum Gasteiger partial charge on any atom is 0.136 e. The molecule has 0 saturated heterocycles. The van der Waals surface area contributed by atoms with Gasteiger partial charge in [0.05, 0.1) is 10.7 Å². The van der Waals surface area contributed by atoms with Crippen LogP contribution in [-0.2, 0) is 0 Å². The third kappa shape index (κ3) is 3.49. The van der Waals surface area contributed by atoms with Gasteiger partial charge in [-0.2, -0.15) is 0 Å². The summed E-state index contributed by atoms with van der Waals surface area (Å²) in [6.45, 7) is 4.02. The van der Waals surface area contributed by atoms with Crippen molar-refractivity contribution >= 4 is 40.5 Å². The molecule has 3 N–H and O–H groups in total. The molecule has 0 bridgehead atoms. The summed E-state index contributed by atoms with van der Waals surface area (Å²) in [6.07, 6.45) is 0. The van der Waals surface area contributed by atoms with E-state index >= 15 is 0 Å². The highest BCUT2D eigenvalue weighted by molar-refractivity contribution is 6.36. The molecule has 0 radical (unpaired) electrons. The van der Waals surface area contributed by atoms with Crippen molar-refractivity contribution in [3.63, 3.8) is 0 Å². The molecule has 0 amide bonds. The molecule has 0 aliphatic carbocycles. The Labute approximate surface area is 122 Å². The molecule has 0 aliphatic heterocycles. The van der Waals surface area contributed by atoms with Gasteiger partial charge >= 0.3 is 0 Å². The first-order valence-electron chi connectivity index (χ1n) is 5.82. The molecular formula is C13H14Cl2N4. The van der Waals surface area contributed by atoms with Crippen LogP contribution >= 0.6 is 23.2 Å². The van der Waals surface area contributed by atoms with Crippen LogP contribution in [0.2, 0.25) is 10.0 Å². The monoisotopic (exact) mass is 296 g/mol. The number of anilines is 3. The molecule has 0 fully saturated rings. The standard InChI is InChI=1S/C13H14Cl2N4/c1-7(2)13-18-11(16)6-12(19-13)17-10-4-3-8(14)5-9(10)15/h3-7H,1-2H3,(H3,16,17,18,19). The second-order valence-corrected chi connectivity index (χ2v) is 5.28. The van der Waals surface area contributed by atoms with Crippen molar-refractivity contribution in [1.82, 2.24) is 9.97 Å². The summed E-state index contributed by atoms with van der Waals surface area (Å²) in [5.41, 5.74) is 6.49. The Bertz CT molecular complexity index is 599. The van der Waals surface area contributed by atoms with Gasteiger partial charge < -0.3 is 11.1 Å². The van der Waals surface area contributed by atoms with E-state index in [1.54, 1.807) is 24.3 Å². The molecule has 0 unspecified atom stereocenters. The molecule has 1 aromatic carbocycles. The molecule has 1 aromatic heterocycles. The van der Waals surface area contributed by atoms with Crippen molar-refractivity contribution in [3.8, 4) is 0 Å². The molecule has 19 heavy (non-hydrogen) atoms. The van der Waals surface area contributed by atoms with Crippen LogP contribution in [0.4, 0.5) is 17.3 Å². The Balaban J connectivity index is 2.32. The lowest BCUT2D eigenvalue weighted by molar-refractivity contribution is 0.779. The van der Waals surface area contributed by atoms with Gasteiger partial charge in [-0.05, 0) is 18.2 Å². The Morgan fingerprint density at radius 1 is 1.16 bits per heavy atom. The number of benzene rings is 1. The largest absolute Gasteiger partial charge is 0.384 e. The van der Waals surface area contributed by atoms with Crippen LogP contribution in [0.1, 0.15) is 25.6 Å². The van der Waals surface area contributed by atoms with Crippen molar-refractivity contribution < 1.29 is 0 Å². The maximum absolute atomic E-state index is 6.10. The smallest absolute Gasteiger partial charge is 0.136 e. The van der Waals surface area contributed by atoms with Crippen LogP contribution in [0.3, 0.4) is 0 Å². The SMILES string of the molecule is CC(C)c1nc(N)cc(Nc2ccc(Cl)cc2Cl)n1. The highest BCUT2D eigenvalue weighted by atomic mass is 35.5. The Kier molecular flexibility index (Phi) is 4.12. The van der Waals surface area contributed by atoms with E-state index in [1.807, 2.05) is 13.8 Å². The minimum Gasteiger partial charge on any atom is -0.384 e. The van der Waals surface area contributed by atoms with E-state index in [1.165, 1.54) is 0 Å². The van der Waals surface area contributed by atoms with Crippen LogP contribution in [0.15, 0.2) is 24.3 Å². The number of nitrogens with zero attached hydrogens (tertiary/aromatic N) is 2. The average Bonchev–Trinajstić information content (AvgIpc) is 2.32. The van der Waals surface area contributed by atoms with Crippen molar-refractivity contribution in [2.45, 2.75) is 19.8 Å². The fraction of sp³-hybridized carbons (Fsp3) is 0.231. The van der Waals surface area contributed by atoms with Crippen molar-refractivity contribution in [2.75, 3.05) is 11.1 Å². The van der Waals surface area contributed by atoms with Gasteiger partial charge in [-0.3, -0.25) is 0 Å². The quantitative estimate of drug-likeness (QED) is 0.889. The number of rotatable bonds is 3. The number of aromatic nitrogens is 2. The third-order valence-electron chi connectivity index (χ3n) is 2.47. The second kappa shape index (κ2) is 5.63. The Morgan fingerprint density at radius 3 is 2.53 bits per heavy atom. The predicted molar refractivity (Wildman–Crippen MR) is 80.3 cm³/mol. The van der Waals surface area contributed by atoms with E-state index in [-0.39, 0.29) is 5.92 Å². The summed E-state index contributed by atoms with van der Waals surface area (Å²) in [5, 5.41) is 4.22. The zero-order valence-electron chi connectivity index (χ0n) is 10.6. The summed E-state index contributed by atoms with van der Waals surface area (Å²) in [7, 11) is 0. The molecule has 100 valence electrons. The molecule has 6 heteroatoms. The molecule has 0 saturated carbocycles. The van der Waals surface area contributed by atoms with Gasteiger partial charge in [0, 0.05) is 17.0 Å². The summed E-state index contributed by atoms with van der Waals surface area (Å²) in [4.78, 5) is 8.58. The maximum atomic E-state index is 6.10. The van der Waals surface area contributed by atoms with E-state index in [4.69, 9.17) is 28.9 Å². The van der Waals surface area contributed by atoms with Crippen LogP contribution in [0.25, 0.3) is 0 Å². The minimum absolute atomic E-state index is 0.199. The third-order valence-corrected chi connectivity index (χ3v) is 3.02. The number of hydrogen-bond donors (Lipinski definition) is 2. The van der Waals surface area contributed by atoms with E-state index in [9.17, 15) is 0 Å². The first-order chi connectivity index (χ1) is 8.95. The Morgan fingerprint density at radius 2 is 1.89 bits per heavy atom. The summed E-state index contributed by atoms with van der Waals surface area (Å²) in [5.74, 6) is 1.92. The fourth-order valence-electron chi connectivity index (χ4n) is 1.54. The molecule has 2 rings (SSSR count). The topological polar surface area (TPSA) is 63.8 Å². The van der Waals surface area contributed by atoms with Crippen LogP contribution in [0.5, 0.6) is 0 Å². The summed E-state index contributed by atoms with van der Waals surface area (Å²) < 4.78 is 0. The van der Waals surface area contributed by atoms with E-state index in [0.717, 1.165) is 5.69 Å². The Hall–Kier alpha value is -1.52. The molecule has 2 aromatic rings. The van der Waals surface area contributed by atoms with Gasteiger partial charge in [0.2, 0.25) is 0 Å². The van der Waals surface area contributed by atoms with Gasteiger partial charge in [0.1, 0.15) is 17.5 Å². The second-order valence-electron chi connectivity index (χ2n) is 4.44. The zero-order valence-corrected chi connectivity index (χ0v) is 12.1. The molecule has 0 atom stereocenters. The summed E-state index contributed by atoms with van der Waals surface area (Å²) in [6, 6.07) is 6.87. The number of hydrogen-bond acceptors (Lipinski definition) is 4. The molecular weight excluding hydrogens is 283 g/mol. The number of nitrogen functional groups attached to an aromatic ring is 1. The van der Waals surface area contributed by atoms with Gasteiger partial charge in [-0.1, -0.05) is 37.0 Å². The van der Waals surface area contributed by atoms with Crippen LogP contribution in [-0.4, -0.2) is 9.97 Å². The van der Waals surface area contributed by atoms with Gasteiger partial charge in [-0.15, -0.1) is 0 Å². The van der Waals surface area contributed by atoms with Gasteiger partial charge in [0.15, 0.2) is 0 Å². The lowest BCUT2D eigenvalue weighted by atomic mass is 10.2. The number of nitrogens with two attached hydrogens (primary N) is 1. The molecule has 1 heterocycles. The number of nitrogens with one attached hydrogen (secondary N) is 1. The lowest BCUT2D eigenvalue weighted by Gasteiger charge is -2.11. The van der Waals surface area contributed by atoms with Crippen molar-refractivity contribution in [1.29, 1.82) is 0 Å². The normalized spacial score (nSPS) is 10.8.